The lowest BCUT2D eigenvalue weighted by atomic mass is 10.0. The summed E-state index contributed by atoms with van der Waals surface area (Å²) < 4.78 is 5.53. The molecule has 120 valence electrons. The van der Waals surface area contributed by atoms with Crippen LogP contribution in [0.1, 0.15) is 45.2 Å². The van der Waals surface area contributed by atoms with Crippen molar-refractivity contribution in [1.29, 1.82) is 0 Å². The van der Waals surface area contributed by atoms with E-state index in [9.17, 15) is 0 Å². The van der Waals surface area contributed by atoms with Crippen molar-refractivity contribution < 1.29 is 4.74 Å². The summed E-state index contributed by atoms with van der Waals surface area (Å²) in [5.41, 5.74) is 1.25. The van der Waals surface area contributed by atoms with E-state index in [2.05, 4.69) is 50.2 Å². The van der Waals surface area contributed by atoms with Crippen LogP contribution in [0, 0.1) is 5.92 Å². The van der Waals surface area contributed by atoms with Gasteiger partial charge in [0.25, 0.3) is 0 Å². The normalized spacial score (nSPS) is 12.9. The van der Waals surface area contributed by atoms with Crippen molar-refractivity contribution in [2.24, 2.45) is 5.92 Å². The first-order valence-electron chi connectivity index (χ1n) is 8.13. The van der Waals surface area contributed by atoms with Crippen molar-refractivity contribution in [3.63, 3.8) is 0 Å². The maximum Gasteiger partial charge on any atom is 0.123 e. The molecule has 1 atom stereocenters. The highest BCUT2D eigenvalue weighted by molar-refractivity contribution is 5.36. The second-order valence-corrected chi connectivity index (χ2v) is 6.19. The quantitative estimate of drug-likeness (QED) is 0.711. The first-order chi connectivity index (χ1) is 10.1. The van der Waals surface area contributed by atoms with E-state index in [0.717, 1.165) is 37.7 Å². The Morgan fingerprint density at radius 3 is 2.57 bits per heavy atom. The third kappa shape index (κ3) is 6.49. The minimum absolute atomic E-state index is 0.318. The number of nitrogens with one attached hydrogen (secondary N) is 1. The fraction of sp³-hybridized carbons (Fsp3) is 0.667. The monoisotopic (exact) mass is 292 g/mol. The Balaban J connectivity index is 2.75. The molecule has 3 nitrogen and oxygen atoms in total. The summed E-state index contributed by atoms with van der Waals surface area (Å²) in [4.78, 5) is 2.42. The van der Waals surface area contributed by atoms with E-state index >= 15 is 0 Å². The van der Waals surface area contributed by atoms with Crippen LogP contribution >= 0.6 is 0 Å². The van der Waals surface area contributed by atoms with Crippen LogP contribution < -0.4 is 10.1 Å². The number of benzene rings is 1. The molecule has 1 unspecified atom stereocenters. The van der Waals surface area contributed by atoms with E-state index in [0.29, 0.717) is 6.04 Å². The van der Waals surface area contributed by atoms with Crippen LogP contribution in [0.2, 0.25) is 0 Å². The lowest BCUT2D eigenvalue weighted by molar-refractivity contribution is 0.271. The van der Waals surface area contributed by atoms with Crippen LogP contribution in [0.3, 0.4) is 0 Å². The number of para-hydroxylation sites is 1. The average molecular weight is 292 g/mol. The Labute approximate surface area is 130 Å². The Morgan fingerprint density at radius 2 is 1.95 bits per heavy atom. The number of methoxy groups -OCH3 is 1. The molecule has 1 N–H and O–H groups in total. The molecule has 0 radical (unpaired) electrons. The van der Waals surface area contributed by atoms with Crippen LogP contribution in [0.4, 0.5) is 0 Å². The maximum atomic E-state index is 5.53. The van der Waals surface area contributed by atoms with Gasteiger partial charge in [-0.2, -0.15) is 0 Å². The molecule has 0 bridgehead atoms. The summed E-state index contributed by atoms with van der Waals surface area (Å²) in [5, 5.41) is 3.66. The smallest absolute Gasteiger partial charge is 0.123 e. The molecule has 0 spiro atoms. The SMILES string of the molecule is CCCNC(CN(C)CCC(C)C)c1ccccc1OC. The maximum absolute atomic E-state index is 5.53. The number of rotatable bonds is 10. The highest BCUT2D eigenvalue weighted by atomic mass is 16.5. The van der Waals surface area contributed by atoms with Crippen LogP contribution in [0.25, 0.3) is 0 Å². The largest absolute Gasteiger partial charge is 0.496 e. The third-order valence-electron chi connectivity index (χ3n) is 3.74. The molecule has 0 aromatic heterocycles. The molecule has 0 aliphatic heterocycles. The van der Waals surface area contributed by atoms with Gasteiger partial charge in [0.05, 0.1) is 7.11 Å². The van der Waals surface area contributed by atoms with E-state index in [1.807, 2.05) is 12.1 Å². The van der Waals surface area contributed by atoms with Crippen LogP contribution in [0.15, 0.2) is 24.3 Å². The third-order valence-corrected chi connectivity index (χ3v) is 3.74. The van der Waals surface area contributed by atoms with Crippen molar-refractivity contribution in [3.8, 4) is 5.75 Å². The van der Waals surface area contributed by atoms with Gasteiger partial charge in [0.1, 0.15) is 5.75 Å². The molecule has 1 aromatic carbocycles. The van der Waals surface area contributed by atoms with Gasteiger partial charge in [0.15, 0.2) is 0 Å². The van der Waals surface area contributed by atoms with Gasteiger partial charge < -0.3 is 15.0 Å². The zero-order valence-corrected chi connectivity index (χ0v) is 14.4. The standard InChI is InChI=1S/C18H32N2O/c1-6-12-19-17(14-20(4)13-11-15(2)3)16-9-7-8-10-18(16)21-5/h7-10,15,17,19H,6,11-14H2,1-5H3. The van der Waals surface area contributed by atoms with Crippen molar-refractivity contribution in [1.82, 2.24) is 10.2 Å². The predicted octanol–water partition coefficient (Wildman–Crippen LogP) is 3.71. The molecule has 3 heteroatoms. The Kier molecular flexibility index (Phi) is 8.40. The number of hydrogen-bond donors (Lipinski definition) is 1. The molecule has 0 amide bonds. The van der Waals surface area contributed by atoms with Gasteiger partial charge in [-0.05, 0) is 45.0 Å². The van der Waals surface area contributed by atoms with Gasteiger partial charge in [-0.3, -0.25) is 0 Å². The Hall–Kier alpha value is -1.06. The molecular weight excluding hydrogens is 260 g/mol. The summed E-state index contributed by atoms with van der Waals surface area (Å²) in [6, 6.07) is 8.65. The summed E-state index contributed by atoms with van der Waals surface area (Å²) in [6.45, 7) is 9.93. The number of hydrogen-bond acceptors (Lipinski definition) is 3. The van der Waals surface area contributed by atoms with Gasteiger partial charge >= 0.3 is 0 Å². The number of ether oxygens (including phenoxy) is 1. The molecule has 0 saturated heterocycles. The van der Waals surface area contributed by atoms with E-state index in [4.69, 9.17) is 4.74 Å². The van der Waals surface area contributed by atoms with E-state index < -0.39 is 0 Å². The van der Waals surface area contributed by atoms with Crippen LogP contribution in [0.5, 0.6) is 5.75 Å². The van der Waals surface area contributed by atoms with Crippen molar-refractivity contribution >= 4 is 0 Å². The van der Waals surface area contributed by atoms with Crippen molar-refractivity contribution in [2.75, 3.05) is 33.8 Å². The van der Waals surface area contributed by atoms with E-state index in [-0.39, 0.29) is 0 Å². The minimum Gasteiger partial charge on any atom is -0.496 e. The summed E-state index contributed by atoms with van der Waals surface area (Å²) in [6.07, 6.45) is 2.38. The predicted molar refractivity (Wildman–Crippen MR) is 91.0 cm³/mol. The highest BCUT2D eigenvalue weighted by Crippen LogP contribution is 2.25. The molecule has 0 aliphatic rings. The highest BCUT2D eigenvalue weighted by Gasteiger charge is 2.17. The summed E-state index contributed by atoms with van der Waals surface area (Å²) >= 11 is 0. The summed E-state index contributed by atoms with van der Waals surface area (Å²) in [7, 11) is 3.95. The molecule has 0 saturated carbocycles. The lowest BCUT2D eigenvalue weighted by Crippen LogP contribution is -2.34. The second kappa shape index (κ2) is 9.80. The molecule has 0 aliphatic carbocycles. The topological polar surface area (TPSA) is 24.5 Å². The molecule has 21 heavy (non-hydrogen) atoms. The zero-order valence-electron chi connectivity index (χ0n) is 14.4. The van der Waals surface area contributed by atoms with Crippen LogP contribution in [-0.2, 0) is 0 Å². The Morgan fingerprint density at radius 1 is 1.24 bits per heavy atom. The zero-order chi connectivity index (χ0) is 15.7. The van der Waals surface area contributed by atoms with Gasteiger partial charge in [-0.15, -0.1) is 0 Å². The Bertz CT molecular complexity index is 393. The van der Waals surface area contributed by atoms with Crippen LogP contribution in [-0.4, -0.2) is 38.7 Å². The average Bonchev–Trinajstić information content (AvgIpc) is 2.49. The van der Waals surface area contributed by atoms with Crippen molar-refractivity contribution in [3.05, 3.63) is 29.8 Å². The van der Waals surface area contributed by atoms with Gasteiger partial charge in [-0.25, -0.2) is 0 Å². The molecule has 1 rings (SSSR count). The minimum atomic E-state index is 0.318. The van der Waals surface area contributed by atoms with Gasteiger partial charge in [0, 0.05) is 18.2 Å². The lowest BCUT2D eigenvalue weighted by Gasteiger charge is -2.27. The fourth-order valence-electron chi connectivity index (χ4n) is 2.43. The van der Waals surface area contributed by atoms with Gasteiger partial charge in [-0.1, -0.05) is 39.0 Å². The van der Waals surface area contributed by atoms with Gasteiger partial charge in [0.2, 0.25) is 0 Å². The van der Waals surface area contributed by atoms with Crippen molar-refractivity contribution in [2.45, 2.75) is 39.7 Å². The first-order valence-corrected chi connectivity index (χ1v) is 8.13. The molecule has 1 aromatic rings. The van der Waals surface area contributed by atoms with E-state index in [1.54, 1.807) is 7.11 Å². The molecule has 0 heterocycles. The van der Waals surface area contributed by atoms with E-state index in [1.165, 1.54) is 12.0 Å². The summed E-state index contributed by atoms with van der Waals surface area (Å²) in [5.74, 6) is 1.73. The first kappa shape index (κ1) is 18.0. The fourth-order valence-corrected chi connectivity index (χ4v) is 2.43. The molecular formula is C18H32N2O. The molecule has 0 fully saturated rings. The number of likely N-dealkylation sites (N-methyl/N-ethyl adjacent to an activating group) is 1. The second-order valence-electron chi connectivity index (χ2n) is 6.19. The number of nitrogens with zero attached hydrogens (tertiary/aromatic N) is 1.